The lowest BCUT2D eigenvalue weighted by molar-refractivity contribution is -0.120. The van der Waals surface area contributed by atoms with Gasteiger partial charge in [0.25, 0.3) is 0 Å². The number of carbonyl (C=O) groups is 1. The van der Waals surface area contributed by atoms with Crippen molar-refractivity contribution in [3.8, 4) is 0 Å². The van der Waals surface area contributed by atoms with E-state index in [0.717, 1.165) is 6.54 Å². The van der Waals surface area contributed by atoms with E-state index in [0.29, 0.717) is 18.3 Å². The van der Waals surface area contributed by atoms with E-state index in [1.54, 1.807) is 24.1 Å². The lowest BCUT2D eigenvalue weighted by atomic mass is 10.1. The van der Waals surface area contributed by atoms with Gasteiger partial charge in [-0.3, -0.25) is 4.79 Å². The average Bonchev–Trinajstić information content (AvgIpc) is 2.39. The van der Waals surface area contributed by atoms with Crippen molar-refractivity contribution >= 4 is 11.6 Å². The van der Waals surface area contributed by atoms with Gasteiger partial charge < -0.3 is 15.5 Å². The van der Waals surface area contributed by atoms with Gasteiger partial charge in [-0.25, -0.2) is 4.39 Å². The number of piperazine rings is 1. The lowest BCUT2D eigenvalue weighted by Gasteiger charge is -2.31. The molecule has 0 saturated carbocycles. The fourth-order valence-corrected chi connectivity index (χ4v) is 1.98. The molecule has 98 valence electrons. The van der Waals surface area contributed by atoms with Gasteiger partial charge in [0.1, 0.15) is 5.82 Å². The minimum atomic E-state index is -0.300. The van der Waals surface area contributed by atoms with Crippen LogP contribution in [0, 0.1) is 5.82 Å². The first-order valence-corrected chi connectivity index (χ1v) is 6.08. The maximum absolute atomic E-state index is 12.8. The standard InChI is InChI=1S/C13H18FN3O/c1-9-7-16-12(8-15-9)13(18)17(2)11-5-3-10(14)4-6-11/h3-6,9,12,15-16H,7-8H2,1-2H3. The second-order valence-corrected chi connectivity index (χ2v) is 4.64. The van der Waals surface area contributed by atoms with E-state index in [1.807, 2.05) is 0 Å². The number of nitrogens with one attached hydrogen (secondary N) is 2. The molecule has 1 amide bonds. The summed E-state index contributed by atoms with van der Waals surface area (Å²) >= 11 is 0. The number of amides is 1. The molecule has 0 aromatic heterocycles. The minimum absolute atomic E-state index is 0.0130. The summed E-state index contributed by atoms with van der Waals surface area (Å²) in [6, 6.07) is 6.07. The van der Waals surface area contributed by atoms with E-state index in [-0.39, 0.29) is 17.8 Å². The Morgan fingerprint density at radius 3 is 2.50 bits per heavy atom. The molecule has 2 rings (SSSR count). The number of nitrogens with zero attached hydrogens (tertiary/aromatic N) is 1. The van der Waals surface area contributed by atoms with Crippen molar-refractivity contribution in [3.05, 3.63) is 30.1 Å². The van der Waals surface area contributed by atoms with E-state index >= 15 is 0 Å². The van der Waals surface area contributed by atoms with Crippen LogP contribution in [0.15, 0.2) is 24.3 Å². The molecule has 0 aliphatic carbocycles. The Hall–Kier alpha value is -1.46. The highest BCUT2D eigenvalue weighted by atomic mass is 19.1. The number of anilines is 1. The second kappa shape index (κ2) is 5.46. The summed E-state index contributed by atoms with van der Waals surface area (Å²) in [5.41, 5.74) is 0.696. The number of likely N-dealkylation sites (N-methyl/N-ethyl adjacent to an activating group) is 1. The smallest absolute Gasteiger partial charge is 0.245 e. The van der Waals surface area contributed by atoms with Crippen LogP contribution in [0.25, 0.3) is 0 Å². The number of halogens is 1. The normalized spacial score (nSPS) is 23.7. The molecule has 2 atom stereocenters. The Bertz CT molecular complexity index is 413. The quantitative estimate of drug-likeness (QED) is 0.815. The molecule has 1 aliphatic rings. The molecular formula is C13H18FN3O. The monoisotopic (exact) mass is 251 g/mol. The molecule has 0 spiro atoms. The molecular weight excluding hydrogens is 233 g/mol. The molecule has 5 heteroatoms. The van der Waals surface area contributed by atoms with Gasteiger partial charge in [-0.15, -0.1) is 0 Å². The number of benzene rings is 1. The number of carbonyl (C=O) groups excluding carboxylic acids is 1. The molecule has 2 N–H and O–H groups in total. The van der Waals surface area contributed by atoms with E-state index < -0.39 is 0 Å². The van der Waals surface area contributed by atoms with Gasteiger partial charge in [-0.2, -0.15) is 0 Å². The van der Waals surface area contributed by atoms with Crippen LogP contribution in [-0.2, 0) is 4.79 Å². The van der Waals surface area contributed by atoms with Gasteiger partial charge >= 0.3 is 0 Å². The Kier molecular flexibility index (Phi) is 3.93. The summed E-state index contributed by atoms with van der Waals surface area (Å²) in [5, 5.41) is 6.46. The molecule has 4 nitrogen and oxygen atoms in total. The molecule has 1 saturated heterocycles. The third-order valence-electron chi connectivity index (χ3n) is 3.18. The largest absolute Gasteiger partial charge is 0.314 e. The summed E-state index contributed by atoms with van der Waals surface area (Å²) in [5.74, 6) is -0.313. The Morgan fingerprint density at radius 2 is 1.94 bits per heavy atom. The predicted octanol–water partition coefficient (Wildman–Crippen LogP) is 0.738. The third-order valence-corrected chi connectivity index (χ3v) is 3.18. The SMILES string of the molecule is CC1CNC(C(=O)N(C)c2ccc(F)cc2)CN1. The maximum Gasteiger partial charge on any atom is 0.245 e. The van der Waals surface area contributed by atoms with Gasteiger partial charge in [0.05, 0.1) is 6.04 Å². The van der Waals surface area contributed by atoms with Gasteiger partial charge in [-0.1, -0.05) is 0 Å². The second-order valence-electron chi connectivity index (χ2n) is 4.64. The predicted molar refractivity (Wildman–Crippen MR) is 69.1 cm³/mol. The van der Waals surface area contributed by atoms with Crippen molar-refractivity contribution in [2.24, 2.45) is 0 Å². The van der Waals surface area contributed by atoms with Crippen LogP contribution in [-0.4, -0.2) is 38.1 Å². The van der Waals surface area contributed by atoms with Crippen molar-refractivity contribution in [2.45, 2.75) is 19.0 Å². The van der Waals surface area contributed by atoms with Crippen LogP contribution in [0.1, 0.15) is 6.92 Å². The van der Waals surface area contributed by atoms with Crippen LogP contribution < -0.4 is 15.5 Å². The molecule has 2 unspecified atom stereocenters. The van der Waals surface area contributed by atoms with Crippen LogP contribution in [0.2, 0.25) is 0 Å². The molecule has 1 aromatic rings. The van der Waals surface area contributed by atoms with E-state index in [2.05, 4.69) is 17.6 Å². The molecule has 1 fully saturated rings. The highest BCUT2D eigenvalue weighted by Crippen LogP contribution is 2.14. The molecule has 18 heavy (non-hydrogen) atoms. The first-order valence-electron chi connectivity index (χ1n) is 6.08. The first kappa shape index (κ1) is 13.0. The van der Waals surface area contributed by atoms with E-state index in [9.17, 15) is 9.18 Å². The fourth-order valence-electron chi connectivity index (χ4n) is 1.98. The fraction of sp³-hybridized carbons (Fsp3) is 0.462. The summed E-state index contributed by atoms with van der Waals surface area (Å²) in [4.78, 5) is 13.8. The molecule has 1 aromatic carbocycles. The van der Waals surface area contributed by atoms with Crippen LogP contribution in [0.5, 0.6) is 0 Å². The van der Waals surface area contributed by atoms with Gasteiger partial charge in [-0.05, 0) is 31.2 Å². The van der Waals surface area contributed by atoms with Crippen molar-refractivity contribution in [1.29, 1.82) is 0 Å². The van der Waals surface area contributed by atoms with Crippen molar-refractivity contribution in [1.82, 2.24) is 10.6 Å². The first-order chi connectivity index (χ1) is 8.58. The number of hydrogen-bond donors (Lipinski definition) is 2. The van der Waals surface area contributed by atoms with Gasteiger partial charge in [0.15, 0.2) is 0 Å². The minimum Gasteiger partial charge on any atom is -0.314 e. The molecule has 1 aliphatic heterocycles. The zero-order valence-corrected chi connectivity index (χ0v) is 10.6. The number of rotatable bonds is 2. The summed E-state index contributed by atoms with van der Waals surface area (Å²) in [7, 11) is 1.70. The van der Waals surface area contributed by atoms with E-state index in [1.165, 1.54) is 12.1 Å². The molecule has 0 radical (unpaired) electrons. The summed E-state index contributed by atoms with van der Waals surface area (Å²) in [6.07, 6.45) is 0. The third kappa shape index (κ3) is 2.86. The van der Waals surface area contributed by atoms with Crippen LogP contribution >= 0.6 is 0 Å². The van der Waals surface area contributed by atoms with Crippen LogP contribution in [0.4, 0.5) is 10.1 Å². The van der Waals surface area contributed by atoms with Crippen molar-refractivity contribution in [3.63, 3.8) is 0 Å². The van der Waals surface area contributed by atoms with Crippen molar-refractivity contribution in [2.75, 3.05) is 25.0 Å². The van der Waals surface area contributed by atoms with Gasteiger partial charge in [0, 0.05) is 31.9 Å². The highest BCUT2D eigenvalue weighted by Gasteiger charge is 2.26. The topological polar surface area (TPSA) is 44.4 Å². The summed E-state index contributed by atoms with van der Waals surface area (Å²) < 4.78 is 12.8. The zero-order chi connectivity index (χ0) is 13.1. The highest BCUT2D eigenvalue weighted by molar-refractivity contribution is 5.96. The maximum atomic E-state index is 12.8. The van der Waals surface area contributed by atoms with Crippen LogP contribution in [0.3, 0.4) is 0 Å². The molecule has 1 heterocycles. The number of hydrogen-bond acceptors (Lipinski definition) is 3. The Morgan fingerprint density at radius 1 is 1.28 bits per heavy atom. The van der Waals surface area contributed by atoms with Crippen molar-refractivity contribution < 1.29 is 9.18 Å². The average molecular weight is 251 g/mol. The Labute approximate surface area is 106 Å². The van der Waals surface area contributed by atoms with E-state index in [4.69, 9.17) is 0 Å². The zero-order valence-electron chi connectivity index (χ0n) is 10.6. The summed E-state index contributed by atoms with van der Waals surface area (Å²) in [6.45, 7) is 3.45. The Balaban J connectivity index is 2.02. The van der Waals surface area contributed by atoms with Gasteiger partial charge in [0.2, 0.25) is 5.91 Å². The lowest BCUT2D eigenvalue weighted by Crippen LogP contribution is -2.59. The molecule has 0 bridgehead atoms.